The molecule has 2 aromatic rings. The number of benzene rings is 1. The Morgan fingerprint density at radius 1 is 1.21 bits per heavy atom. The standard InChI is InChI=1S/C20H27Cl2N5O/c1-5-13(2)26-19(28)15-8-6-7-14(9-15)11-24-20(23-3)25-12-16-10-17(21)18(22)27(16)4/h6-10,13H,5,11-12H2,1-4H3,(H,26,28)(H2,23,24,25). The maximum absolute atomic E-state index is 12.3. The zero-order valence-electron chi connectivity index (χ0n) is 16.6. The van der Waals surface area contributed by atoms with E-state index in [1.165, 1.54) is 0 Å². The first-order valence-electron chi connectivity index (χ1n) is 9.19. The molecule has 1 aromatic heterocycles. The van der Waals surface area contributed by atoms with Crippen LogP contribution in [-0.2, 0) is 20.1 Å². The number of aromatic nitrogens is 1. The van der Waals surface area contributed by atoms with Gasteiger partial charge in [0, 0.05) is 37.9 Å². The number of nitrogens with one attached hydrogen (secondary N) is 3. The average Bonchev–Trinajstić information content (AvgIpc) is 2.95. The molecule has 0 radical (unpaired) electrons. The van der Waals surface area contributed by atoms with Gasteiger partial charge in [0.05, 0.1) is 11.6 Å². The molecule has 1 amide bonds. The summed E-state index contributed by atoms with van der Waals surface area (Å²) in [4.78, 5) is 16.5. The van der Waals surface area contributed by atoms with E-state index in [0.717, 1.165) is 17.7 Å². The van der Waals surface area contributed by atoms with E-state index in [1.807, 2.05) is 55.8 Å². The van der Waals surface area contributed by atoms with Crippen LogP contribution >= 0.6 is 23.2 Å². The maximum atomic E-state index is 12.3. The molecule has 8 heteroatoms. The number of aliphatic imine (C=N–C) groups is 1. The van der Waals surface area contributed by atoms with E-state index in [9.17, 15) is 4.79 Å². The van der Waals surface area contributed by atoms with Gasteiger partial charge in [0.1, 0.15) is 5.15 Å². The zero-order chi connectivity index (χ0) is 20.7. The fraction of sp³-hybridized carbons (Fsp3) is 0.400. The van der Waals surface area contributed by atoms with Gasteiger partial charge in [0.15, 0.2) is 5.96 Å². The minimum atomic E-state index is -0.0591. The number of carbonyl (C=O) groups excluding carboxylic acids is 1. The summed E-state index contributed by atoms with van der Waals surface area (Å²) in [7, 11) is 3.56. The first-order chi connectivity index (χ1) is 13.3. The van der Waals surface area contributed by atoms with Crippen LogP contribution in [0, 0.1) is 0 Å². The smallest absolute Gasteiger partial charge is 0.251 e. The predicted molar refractivity (Wildman–Crippen MR) is 116 cm³/mol. The molecule has 0 fully saturated rings. The van der Waals surface area contributed by atoms with Crippen molar-refractivity contribution in [3.8, 4) is 0 Å². The number of hydrogen-bond donors (Lipinski definition) is 3. The van der Waals surface area contributed by atoms with Gasteiger partial charge < -0.3 is 20.5 Å². The maximum Gasteiger partial charge on any atom is 0.251 e. The summed E-state index contributed by atoms with van der Waals surface area (Å²) in [6.45, 7) is 5.10. The Labute approximate surface area is 176 Å². The molecule has 152 valence electrons. The van der Waals surface area contributed by atoms with Gasteiger partial charge >= 0.3 is 0 Å². The molecular formula is C20H27Cl2N5O. The lowest BCUT2D eigenvalue weighted by Gasteiger charge is -2.14. The molecule has 0 saturated carbocycles. The molecule has 0 aliphatic carbocycles. The van der Waals surface area contributed by atoms with E-state index < -0.39 is 0 Å². The summed E-state index contributed by atoms with van der Waals surface area (Å²) in [5.41, 5.74) is 2.59. The van der Waals surface area contributed by atoms with E-state index in [4.69, 9.17) is 23.2 Å². The second-order valence-electron chi connectivity index (χ2n) is 6.60. The molecule has 0 bridgehead atoms. The number of carbonyl (C=O) groups is 1. The van der Waals surface area contributed by atoms with Crippen molar-refractivity contribution < 1.29 is 4.79 Å². The van der Waals surface area contributed by atoms with Crippen molar-refractivity contribution in [1.29, 1.82) is 0 Å². The van der Waals surface area contributed by atoms with Gasteiger partial charge in [-0.15, -0.1) is 0 Å². The lowest BCUT2D eigenvalue weighted by Crippen LogP contribution is -2.36. The molecule has 3 N–H and O–H groups in total. The Morgan fingerprint density at radius 2 is 1.93 bits per heavy atom. The van der Waals surface area contributed by atoms with Crippen molar-refractivity contribution in [2.75, 3.05) is 7.05 Å². The summed E-state index contributed by atoms with van der Waals surface area (Å²) >= 11 is 12.1. The van der Waals surface area contributed by atoms with Gasteiger partial charge in [-0.1, -0.05) is 42.3 Å². The van der Waals surface area contributed by atoms with Crippen LogP contribution in [0.3, 0.4) is 0 Å². The first-order valence-corrected chi connectivity index (χ1v) is 9.95. The van der Waals surface area contributed by atoms with Crippen LogP contribution in [0.15, 0.2) is 35.3 Å². The van der Waals surface area contributed by atoms with Crippen molar-refractivity contribution in [2.24, 2.45) is 12.0 Å². The van der Waals surface area contributed by atoms with Crippen LogP contribution in [0.5, 0.6) is 0 Å². The van der Waals surface area contributed by atoms with Crippen LogP contribution in [0.1, 0.15) is 41.9 Å². The van der Waals surface area contributed by atoms with Crippen molar-refractivity contribution >= 4 is 35.1 Å². The Bertz CT molecular complexity index is 847. The molecule has 1 aromatic carbocycles. The summed E-state index contributed by atoms with van der Waals surface area (Å²) in [5.74, 6) is 0.582. The minimum absolute atomic E-state index is 0.0591. The Morgan fingerprint density at radius 3 is 2.54 bits per heavy atom. The Hall–Kier alpha value is -2.18. The van der Waals surface area contributed by atoms with Crippen LogP contribution in [-0.4, -0.2) is 29.5 Å². The van der Waals surface area contributed by atoms with E-state index in [1.54, 1.807) is 7.05 Å². The second-order valence-corrected chi connectivity index (χ2v) is 7.36. The molecule has 0 aliphatic heterocycles. The minimum Gasteiger partial charge on any atom is -0.352 e. The van der Waals surface area contributed by atoms with Crippen LogP contribution < -0.4 is 16.0 Å². The van der Waals surface area contributed by atoms with E-state index in [-0.39, 0.29) is 11.9 Å². The van der Waals surface area contributed by atoms with Crippen molar-refractivity contribution in [1.82, 2.24) is 20.5 Å². The predicted octanol–water partition coefficient (Wildman–Crippen LogP) is 3.73. The SMILES string of the molecule is CCC(C)NC(=O)c1cccc(CNC(=NC)NCc2cc(Cl)c(Cl)n2C)c1. The average molecular weight is 424 g/mol. The highest BCUT2D eigenvalue weighted by molar-refractivity contribution is 6.41. The van der Waals surface area contributed by atoms with Gasteiger partial charge in [-0.25, -0.2) is 0 Å². The van der Waals surface area contributed by atoms with Gasteiger partial charge in [-0.3, -0.25) is 9.79 Å². The monoisotopic (exact) mass is 423 g/mol. The third-order valence-corrected chi connectivity index (χ3v) is 5.36. The zero-order valence-corrected chi connectivity index (χ0v) is 18.2. The quantitative estimate of drug-likeness (QED) is 0.469. The molecule has 28 heavy (non-hydrogen) atoms. The summed E-state index contributed by atoms with van der Waals surface area (Å²) in [5, 5.41) is 10.5. The lowest BCUT2D eigenvalue weighted by molar-refractivity contribution is 0.0939. The fourth-order valence-corrected chi connectivity index (χ4v) is 2.99. The Balaban J connectivity index is 1.93. The number of amides is 1. The van der Waals surface area contributed by atoms with Crippen LogP contribution in [0.25, 0.3) is 0 Å². The molecule has 0 saturated heterocycles. The number of rotatable bonds is 7. The van der Waals surface area contributed by atoms with Gasteiger partial charge in [0.25, 0.3) is 5.91 Å². The van der Waals surface area contributed by atoms with E-state index in [0.29, 0.717) is 34.8 Å². The molecule has 0 spiro atoms. The van der Waals surface area contributed by atoms with E-state index in [2.05, 4.69) is 20.9 Å². The van der Waals surface area contributed by atoms with Gasteiger partial charge in [-0.2, -0.15) is 0 Å². The van der Waals surface area contributed by atoms with Crippen LogP contribution in [0.2, 0.25) is 10.2 Å². The van der Waals surface area contributed by atoms with E-state index >= 15 is 0 Å². The largest absolute Gasteiger partial charge is 0.352 e. The number of hydrogen-bond acceptors (Lipinski definition) is 2. The third-order valence-electron chi connectivity index (χ3n) is 4.52. The fourth-order valence-electron chi connectivity index (χ4n) is 2.57. The highest BCUT2D eigenvalue weighted by atomic mass is 35.5. The second kappa shape index (κ2) is 10.4. The van der Waals surface area contributed by atoms with Crippen LogP contribution in [0.4, 0.5) is 0 Å². The van der Waals surface area contributed by atoms with Crippen molar-refractivity contribution in [3.05, 3.63) is 57.3 Å². The number of halogens is 2. The normalized spacial score (nSPS) is 12.6. The number of guanidine groups is 1. The summed E-state index contributed by atoms with van der Waals surface area (Å²) in [6.07, 6.45) is 0.895. The van der Waals surface area contributed by atoms with Gasteiger partial charge in [0.2, 0.25) is 0 Å². The Kier molecular flexibility index (Phi) is 8.20. The molecular weight excluding hydrogens is 397 g/mol. The molecule has 2 rings (SSSR count). The highest BCUT2D eigenvalue weighted by Gasteiger charge is 2.11. The topological polar surface area (TPSA) is 70.4 Å². The van der Waals surface area contributed by atoms with Gasteiger partial charge in [-0.05, 0) is 37.1 Å². The highest BCUT2D eigenvalue weighted by Crippen LogP contribution is 2.24. The molecule has 6 nitrogen and oxygen atoms in total. The van der Waals surface area contributed by atoms with Crippen molar-refractivity contribution in [3.63, 3.8) is 0 Å². The first kappa shape index (κ1) is 22.1. The number of nitrogens with zero attached hydrogens (tertiary/aromatic N) is 2. The summed E-state index contributed by atoms with van der Waals surface area (Å²) < 4.78 is 1.82. The van der Waals surface area contributed by atoms with Crippen molar-refractivity contribution in [2.45, 2.75) is 39.4 Å². The molecule has 1 heterocycles. The summed E-state index contributed by atoms with van der Waals surface area (Å²) in [6, 6.07) is 9.52. The molecule has 1 unspecified atom stereocenters. The molecule has 1 atom stereocenters. The lowest BCUT2D eigenvalue weighted by atomic mass is 10.1. The molecule has 0 aliphatic rings. The third kappa shape index (κ3) is 5.91.